The number of H-pyrrole nitrogens is 1. The summed E-state index contributed by atoms with van der Waals surface area (Å²) in [5.74, 6) is -1.60. The number of likely N-dealkylation sites (tertiary alicyclic amines) is 1. The zero-order chi connectivity index (χ0) is 24.5. The van der Waals surface area contributed by atoms with E-state index in [0.29, 0.717) is 17.7 Å². The molecule has 0 spiro atoms. The molecule has 5 rings (SSSR count). The minimum Gasteiger partial charge on any atom is -0.507 e. The molecule has 0 aliphatic carbocycles. The smallest absolute Gasteiger partial charge is 0.295 e. The Balaban J connectivity index is 1.54. The number of ether oxygens (including phenoxy) is 1. The lowest BCUT2D eigenvalue weighted by Crippen LogP contribution is -2.31. The van der Waals surface area contributed by atoms with Gasteiger partial charge < -0.3 is 19.7 Å². The third-order valence-corrected chi connectivity index (χ3v) is 6.25. The summed E-state index contributed by atoms with van der Waals surface area (Å²) >= 11 is 0. The van der Waals surface area contributed by atoms with E-state index in [1.54, 1.807) is 31.6 Å². The quantitative estimate of drug-likeness (QED) is 0.247. The molecular weight excluding hydrogens is 449 g/mol. The maximum Gasteiger partial charge on any atom is 0.295 e. The van der Waals surface area contributed by atoms with E-state index in [0.717, 1.165) is 16.5 Å². The summed E-state index contributed by atoms with van der Waals surface area (Å²) in [6.07, 6.45) is 5.50. The summed E-state index contributed by atoms with van der Waals surface area (Å²) in [5.41, 5.74) is 2.69. The molecule has 7 nitrogen and oxygen atoms in total. The first-order chi connectivity index (χ1) is 17.0. The van der Waals surface area contributed by atoms with Crippen LogP contribution in [-0.2, 0) is 16.0 Å². The molecule has 1 aliphatic rings. The molecule has 1 fully saturated rings. The van der Waals surface area contributed by atoms with Crippen molar-refractivity contribution in [2.24, 2.45) is 0 Å². The molecule has 35 heavy (non-hydrogen) atoms. The van der Waals surface area contributed by atoms with E-state index in [4.69, 9.17) is 4.74 Å². The number of carbonyl (C=O) groups excluding carboxylic acids is 2. The number of nitrogens with one attached hydrogen (secondary N) is 1. The Bertz CT molecular complexity index is 1440. The molecule has 1 amide bonds. The number of rotatable bonds is 6. The van der Waals surface area contributed by atoms with Crippen molar-refractivity contribution in [3.8, 4) is 5.75 Å². The molecule has 0 saturated carbocycles. The van der Waals surface area contributed by atoms with Crippen LogP contribution in [0.15, 0.2) is 78.8 Å². The highest BCUT2D eigenvalue weighted by Crippen LogP contribution is 2.39. The fourth-order valence-corrected chi connectivity index (χ4v) is 4.49. The molecular formula is C27H22FN3O4. The zero-order valence-electron chi connectivity index (χ0n) is 18.9. The van der Waals surface area contributed by atoms with Gasteiger partial charge in [0.1, 0.15) is 17.3 Å². The zero-order valence-corrected chi connectivity index (χ0v) is 18.9. The van der Waals surface area contributed by atoms with Gasteiger partial charge in [-0.25, -0.2) is 4.39 Å². The first-order valence-electron chi connectivity index (χ1n) is 11.1. The van der Waals surface area contributed by atoms with Crippen molar-refractivity contribution in [1.29, 1.82) is 0 Å². The van der Waals surface area contributed by atoms with Gasteiger partial charge in [0.25, 0.3) is 11.7 Å². The lowest BCUT2D eigenvalue weighted by molar-refractivity contribution is -0.139. The SMILES string of the molecule is COc1ccc2[nH]cc(CCN3C(=O)C(=O)C(=C(O)c4ccc(F)cc4)[C@H]3c3cccnc3)c2c1. The Labute approximate surface area is 200 Å². The molecule has 2 N–H and O–H groups in total. The van der Waals surface area contributed by atoms with Crippen molar-refractivity contribution < 1.29 is 23.8 Å². The van der Waals surface area contributed by atoms with Crippen LogP contribution in [-0.4, -0.2) is 45.3 Å². The lowest BCUT2D eigenvalue weighted by atomic mass is 9.96. The standard InChI is InChI=1S/C27H22FN3O4/c1-35-20-8-9-22-21(13-20)17(15-30-22)10-12-31-24(18-3-2-11-29-14-18)23(26(33)27(31)34)25(32)16-4-6-19(28)7-5-16/h2-9,11,13-15,24,30,32H,10,12H2,1H3/t24-/m1/s1. The number of nitrogens with zero attached hydrogens (tertiary/aromatic N) is 2. The maximum absolute atomic E-state index is 13.4. The number of aromatic amines is 1. The monoisotopic (exact) mass is 471 g/mol. The summed E-state index contributed by atoms with van der Waals surface area (Å²) in [7, 11) is 1.60. The molecule has 3 heterocycles. The van der Waals surface area contributed by atoms with Gasteiger partial charge in [0, 0.05) is 41.6 Å². The third kappa shape index (κ3) is 4.03. The number of halogens is 1. The van der Waals surface area contributed by atoms with Gasteiger partial charge >= 0.3 is 0 Å². The molecule has 1 saturated heterocycles. The van der Waals surface area contributed by atoms with Crippen LogP contribution in [0.25, 0.3) is 16.7 Å². The summed E-state index contributed by atoms with van der Waals surface area (Å²) < 4.78 is 18.8. The van der Waals surface area contributed by atoms with E-state index in [9.17, 15) is 19.1 Å². The highest BCUT2D eigenvalue weighted by atomic mass is 19.1. The summed E-state index contributed by atoms with van der Waals surface area (Å²) in [5, 5.41) is 12.0. The van der Waals surface area contributed by atoms with Gasteiger partial charge in [-0.3, -0.25) is 14.6 Å². The highest BCUT2D eigenvalue weighted by Gasteiger charge is 2.46. The predicted octanol–water partition coefficient (Wildman–Crippen LogP) is 4.38. The van der Waals surface area contributed by atoms with Crippen LogP contribution >= 0.6 is 0 Å². The number of carbonyl (C=O) groups is 2. The Morgan fingerprint density at radius 2 is 1.97 bits per heavy atom. The summed E-state index contributed by atoms with van der Waals surface area (Å²) in [6, 6.07) is 13.5. The van der Waals surface area contributed by atoms with Gasteiger partial charge in [0.15, 0.2) is 0 Å². The molecule has 2 aromatic heterocycles. The molecule has 1 aliphatic heterocycles. The summed E-state index contributed by atoms with van der Waals surface area (Å²) in [6.45, 7) is 0.231. The van der Waals surface area contributed by atoms with Crippen LogP contribution in [0.4, 0.5) is 4.39 Å². The second kappa shape index (κ2) is 9.06. The van der Waals surface area contributed by atoms with Gasteiger partial charge in [-0.2, -0.15) is 0 Å². The summed E-state index contributed by atoms with van der Waals surface area (Å²) in [4.78, 5) is 35.1. The molecule has 8 heteroatoms. The number of hydrogen-bond donors (Lipinski definition) is 2. The number of methoxy groups -OCH3 is 1. The van der Waals surface area contributed by atoms with Crippen molar-refractivity contribution >= 4 is 28.4 Å². The van der Waals surface area contributed by atoms with Crippen LogP contribution in [0.3, 0.4) is 0 Å². The fourth-order valence-electron chi connectivity index (χ4n) is 4.49. The number of aliphatic hydroxyl groups is 1. The number of fused-ring (bicyclic) bond motifs is 1. The Kier molecular flexibility index (Phi) is 5.78. The number of benzene rings is 2. The van der Waals surface area contributed by atoms with Crippen LogP contribution in [0, 0.1) is 5.82 Å². The maximum atomic E-state index is 13.4. The molecule has 176 valence electrons. The number of aliphatic hydroxyl groups excluding tert-OH is 1. The van der Waals surface area contributed by atoms with E-state index in [1.165, 1.54) is 29.2 Å². The van der Waals surface area contributed by atoms with Gasteiger partial charge in [-0.1, -0.05) is 6.07 Å². The van der Waals surface area contributed by atoms with Crippen molar-refractivity contribution in [2.45, 2.75) is 12.5 Å². The molecule has 4 aromatic rings. The van der Waals surface area contributed by atoms with E-state index in [1.807, 2.05) is 24.4 Å². The molecule has 0 unspecified atom stereocenters. The van der Waals surface area contributed by atoms with Crippen LogP contribution < -0.4 is 4.74 Å². The normalized spacial score (nSPS) is 17.3. The predicted molar refractivity (Wildman–Crippen MR) is 128 cm³/mol. The van der Waals surface area contributed by atoms with E-state index >= 15 is 0 Å². The van der Waals surface area contributed by atoms with E-state index < -0.39 is 23.5 Å². The third-order valence-electron chi connectivity index (χ3n) is 6.25. The van der Waals surface area contributed by atoms with Gasteiger partial charge in [0.2, 0.25) is 0 Å². The number of Topliss-reactive ketones (excluding diaryl/α,β-unsaturated/α-hetero) is 1. The minimum atomic E-state index is -0.825. The van der Waals surface area contributed by atoms with Gasteiger partial charge in [-0.15, -0.1) is 0 Å². The Hall–Kier alpha value is -4.46. The fraction of sp³-hybridized carbons (Fsp3) is 0.148. The molecule has 0 bridgehead atoms. The highest BCUT2D eigenvalue weighted by molar-refractivity contribution is 6.46. The van der Waals surface area contributed by atoms with Crippen LogP contribution in [0.5, 0.6) is 5.75 Å². The Morgan fingerprint density at radius 1 is 1.17 bits per heavy atom. The topological polar surface area (TPSA) is 95.5 Å². The van der Waals surface area contributed by atoms with Gasteiger partial charge in [-0.05, 0) is 66.1 Å². The first-order valence-corrected chi connectivity index (χ1v) is 11.1. The van der Waals surface area contributed by atoms with Crippen molar-refractivity contribution in [3.05, 3.63) is 101 Å². The van der Waals surface area contributed by atoms with Crippen molar-refractivity contribution in [2.75, 3.05) is 13.7 Å². The second-order valence-electron chi connectivity index (χ2n) is 8.26. The average Bonchev–Trinajstić information content (AvgIpc) is 3.40. The van der Waals surface area contributed by atoms with Crippen molar-refractivity contribution in [1.82, 2.24) is 14.9 Å². The number of ketones is 1. The van der Waals surface area contributed by atoms with Gasteiger partial charge in [0.05, 0.1) is 18.7 Å². The lowest BCUT2D eigenvalue weighted by Gasteiger charge is -2.25. The minimum absolute atomic E-state index is 0.0461. The largest absolute Gasteiger partial charge is 0.507 e. The van der Waals surface area contributed by atoms with Crippen LogP contribution in [0.1, 0.15) is 22.7 Å². The van der Waals surface area contributed by atoms with Crippen LogP contribution in [0.2, 0.25) is 0 Å². The second-order valence-corrected chi connectivity index (χ2v) is 8.26. The molecule has 2 aromatic carbocycles. The molecule has 1 atom stereocenters. The Morgan fingerprint density at radius 3 is 2.69 bits per heavy atom. The number of hydrogen-bond acceptors (Lipinski definition) is 5. The molecule has 0 radical (unpaired) electrons. The number of amides is 1. The van der Waals surface area contributed by atoms with E-state index in [-0.39, 0.29) is 23.4 Å². The number of pyridine rings is 1. The average molecular weight is 471 g/mol. The first kappa shape index (κ1) is 22.3. The van der Waals surface area contributed by atoms with E-state index in [2.05, 4.69) is 9.97 Å². The number of aromatic nitrogens is 2. The van der Waals surface area contributed by atoms with Crippen molar-refractivity contribution in [3.63, 3.8) is 0 Å².